The van der Waals surface area contributed by atoms with E-state index in [0.717, 1.165) is 21.7 Å². The molecular formula is C20H19N5O2S. The number of benzene rings is 1. The van der Waals surface area contributed by atoms with Gasteiger partial charge in [-0.3, -0.25) is 19.4 Å². The average molecular weight is 393 g/mol. The second kappa shape index (κ2) is 7.77. The Labute approximate surface area is 166 Å². The number of pyridine rings is 1. The molecule has 0 atom stereocenters. The van der Waals surface area contributed by atoms with Gasteiger partial charge in [0.1, 0.15) is 5.75 Å². The summed E-state index contributed by atoms with van der Waals surface area (Å²) >= 11 is 1.44. The van der Waals surface area contributed by atoms with Gasteiger partial charge in [-0.05, 0) is 43.3 Å². The second-order valence-corrected chi connectivity index (χ2v) is 7.11. The van der Waals surface area contributed by atoms with Crippen molar-refractivity contribution in [2.45, 2.75) is 20.0 Å². The standard InChI is InChI=1S/C20H19N5O2S/c1-3-24-11-9-17(23-24)19(26)25(13-14-6-4-5-10-21-14)20-22-16-8-7-15(27-2)12-18(16)28-20/h4-12H,3,13H2,1-2H3. The summed E-state index contributed by atoms with van der Waals surface area (Å²) in [5, 5.41) is 4.96. The van der Waals surface area contributed by atoms with Crippen molar-refractivity contribution in [1.82, 2.24) is 19.7 Å². The molecule has 0 fully saturated rings. The van der Waals surface area contributed by atoms with Gasteiger partial charge in [-0.1, -0.05) is 17.4 Å². The van der Waals surface area contributed by atoms with Crippen LogP contribution in [0.1, 0.15) is 23.1 Å². The lowest BCUT2D eigenvalue weighted by Crippen LogP contribution is -2.31. The molecule has 0 bridgehead atoms. The fraction of sp³-hybridized carbons (Fsp3) is 0.200. The Kier molecular flexibility index (Phi) is 5.03. The zero-order valence-electron chi connectivity index (χ0n) is 15.6. The lowest BCUT2D eigenvalue weighted by Gasteiger charge is -2.18. The number of hydrogen-bond donors (Lipinski definition) is 0. The molecule has 4 aromatic rings. The molecule has 0 spiro atoms. The van der Waals surface area contributed by atoms with Gasteiger partial charge in [0.05, 0.1) is 29.6 Å². The number of hydrogen-bond acceptors (Lipinski definition) is 6. The molecule has 0 aliphatic carbocycles. The zero-order valence-corrected chi connectivity index (χ0v) is 16.4. The van der Waals surface area contributed by atoms with Gasteiger partial charge in [0.2, 0.25) is 0 Å². The molecule has 0 radical (unpaired) electrons. The van der Waals surface area contributed by atoms with Crippen LogP contribution in [0.4, 0.5) is 5.13 Å². The number of nitrogens with zero attached hydrogens (tertiary/aromatic N) is 5. The van der Waals surface area contributed by atoms with Gasteiger partial charge in [0, 0.05) is 18.9 Å². The summed E-state index contributed by atoms with van der Waals surface area (Å²) in [5.74, 6) is 0.552. The first-order valence-electron chi connectivity index (χ1n) is 8.87. The van der Waals surface area contributed by atoms with Gasteiger partial charge in [-0.2, -0.15) is 5.10 Å². The largest absolute Gasteiger partial charge is 0.497 e. The van der Waals surface area contributed by atoms with E-state index in [1.165, 1.54) is 11.3 Å². The third-order valence-electron chi connectivity index (χ3n) is 4.29. The highest BCUT2D eigenvalue weighted by Crippen LogP contribution is 2.32. The summed E-state index contributed by atoms with van der Waals surface area (Å²) in [5.41, 5.74) is 1.98. The zero-order chi connectivity index (χ0) is 19.5. The maximum atomic E-state index is 13.2. The van der Waals surface area contributed by atoms with Gasteiger partial charge in [-0.25, -0.2) is 4.98 Å². The number of ether oxygens (including phenoxy) is 1. The lowest BCUT2D eigenvalue weighted by atomic mass is 10.3. The SMILES string of the molecule is CCn1ccc(C(=O)N(Cc2ccccn2)c2nc3ccc(OC)cc3s2)n1. The summed E-state index contributed by atoms with van der Waals surface area (Å²) in [4.78, 5) is 23.9. The fourth-order valence-electron chi connectivity index (χ4n) is 2.81. The van der Waals surface area contributed by atoms with Crippen molar-refractivity contribution in [3.63, 3.8) is 0 Å². The number of anilines is 1. The van der Waals surface area contributed by atoms with Crippen molar-refractivity contribution in [2.75, 3.05) is 12.0 Å². The van der Waals surface area contributed by atoms with Crippen LogP contribution in [-0.4, -0.2) is 32.8 Å². The first-order chi connectivity index (χ1) is 13.7. The first-order valence-corrected chi connectivity index (χ1v) is 9.69. The first kappa shape index (κ1) is 18.1. The number of carbonyl (C=O) groups excluding carboxylic acids is 1. The van der Waals surface area contributed by atoms with Gasteiger partial charge in [-0.15, -0.1) is 0 Å². The summed E-state index contributed by atoms with van der Waals surface area (Å²) in [6, 6.07) is 13.0. The maximum absolute atomic E-state index is 13.2. The minimum Gasteiger partial charge on any atom is -0.497 e. The number of aromatic nitrogens is 4. The van der Waals surface area contributed by atoms with E-state index in [1.807, 2.05) is 43.3 Å². The van der Waals surface area contributed by atoms with E-state index in [0.29, 0.717) is 23.9 Å². The highest BCUT2D eigenvalue weighted by Gasteiger charge is 2.24. The van der Waals surface area contributed by atoms with E-state index >= 15 is 0 Å². The highest BCUT2D eigenvalue weighted by atomic mass is 32.1. The number of methoxy groups -OCH3 is 1. The summed E-state index contributed by atoms with van der Waals surface area (Å²) in [7, 11) is 1.63. The van der Waals surface area contributed by atoms with E-state index in [4.69, 9.17) is 4.74 Å². The third kappa shape index (κ3) is 3.59. The normalized spacial score (nSPS) is 10.9. The van der Waals surface area contributed by atoms with Crippen molar-refractivity contribution in [1.29, 1.82) is 0 Å². The van der Waals surface area contributed by atoms with Crippen molar-refractivity contribution in [3.05, 3.63) is 66.2 Å². The lowest BCUT2D eigenvalue weighted by molar-refractivity contribution is 0.0979. The van der Waals surface area contributed by atoms with Gasteiger partial charge in [0.25, 0.3) is 5.91 Å². The van der Waals surface area contributed by atoms with Crippen LogP contribution in [0.5, 0.6) is 5.75 Å². The molecule has 0 N–H and O–H groups in total. The maximum Gasteiger partial charge on any atom is 0.280 e. The van der Waals surface area contributed by atoms with Crippen LogP contribution in [0.2, 0.25) is 0 Å². The van der Waals surface area contributed by atoms with E-state index in [1.54, 1.807) is 35.2 Å². The molecule has 8 heteroatoms. The van der Waals surface area contributed by atoms with Crippen LogP contribution in [-0.2, 0) is 13.1 Å². The molecule has 142 valence electrons. The van der Waals surface area contributed by atoms with Crippen molar-refractivity contribution in [3.8, 4) is 5.75 Å². The fourth-order valence-corrected chi connectivity index (χ4v) is 3.80. The quantitative estimate of drug-likeness (QED) is 0.499. The predicted molar refractivity (Wildman–Crippen MR) is 109 cm³/mol. The molecule has 0 aliphatic rings. The van der Waals surface area contributed by atoms with Crippen LogP contribution in [0.25, 0.3) is 10.2 Å². The molecule has 0 aliphatic heterocycles. The van der Waals surface area contributed by atoms with Crippen LogP contribution < -0.4 is 9.64 Å². The molecule has 0 saturated heterocycles. The molecule has 3 heterocycles. The topological polar surface area (TPSA) is 73.1 Å². The molecule has 1 amide bonds. The van der Waals surface area contributed by atoms with Gasteiger partial charge < -0.3 is 4.74 Å². The summed E-state index contributed by atoms with van der Waals surface area (Å²) < 4.78 is 7.98. The van der Waals surface area contributed by atoms with Crippen LogP contribution >= 0.6 is 11.3 Å². The predicted octanol–water partition coefficient (Wildman–Crippen LogP) is 3.76. The Morgan fingerprint density at radius 2 is 2.14 bits per heavy atom. The number of fused-ring (bicyclic) bond motifs is 1. The van der Waals surface area contributed by atoms with E-state index in [-0.39, 0.29) is 5.91 Å². The van der Waals surface area contributed by atoms with Crippen molar-refractivity contribution in [2.24, 2.45) is 0 Å². The van der Waals surface area contributed by atoms with Crippen LogP contribution in [0, 0.1) is 0 Å². The van der Waals surface area contributed by atoms with Gasteiger partial charge in [0.15, 0.2) is 10.8 Å². The smallest absolute Gasteiger partial charge is 0.280 e. The number of aryl methyl sites for hydroxylation is 1. The van der Waals surface area contributed by atoms with Gasteiger partial charge >= 0.3 is 0 Å². The minimum absolute atomic E-state index is 0.205. The van der Waals surface area contributed by atoms with Crippen molar-refractivity contribution < 1.29 is 9.53 Å². The Balaban J connectivity index is 1.74. The monoisotopic (exact) mass is 393 g/mol. The molecule has 7 nitrogen and oxygen atoms in total. The Bertz CT molecular complexity index is 1110. The molecule has 1 aromatic carbocycles. The molecule has 4 rings (SSSR count). The highest BCUT2D eigenvalue weighted by molar-refractivity contribution is 7.22. The molecule has 28 heavy (non-hydrogen) atoms. The second-order valence-electron chi connectivity index (χ2n) is 6.10. The van der Waals surface area contributed by atoms with E-state index in [9.17, 15) is 4.79 Å². The average Bonchev–Trinajstić information content (AvgIpc) is 3.38. The number of thiazole rings is 1. The summed E-state index contributed by atoms with van der Waals surface area (Å²) in [6.07, 6.45) is 3.52. The van der Waals surface area contributed by atoms with Crippen molar-refractivity contribution >= 4 is 32.6 Å². The van der Waals surface area contributed by atoms with E-state index in [2.05, 4.69) is 15.1 Å². The molecule has 0 unspecified atom stereocenters. The Hall–Kier alpha value is -3.26. The molecule has 0 saturated carbocycles. The Morgan fingerprint density at radius 3 is 2.86 bits per heavy atom. The molecular weight excluding hydrogens is 374 g/mol. The number of amides is 1. The number of carbonyl (C=O) groups is 1. The minimum atomic E-state index is -0.205. The third-order valence-corrected chi connectivity index (χ3v) is 5.33. The summed E-state index contributed by atoms with van der Waals surface area (Å²) in [6.45, 7) is 3.00. The van der Waals surface area contributed by atoms with E-state index < -0.39 is 0 Å². The number of rotatable bonds is 6. The van der Waals surface area contributed by atoms with Crippen LogP contribution in [0.15, 0.2) is 54.9 Å². The molecule has 3 aromatic heterocycles. The van der Waals surface area contributed by atoms with Crippen LogP contribution in [0.3, 0.4) is 0 Å². The Morgan fingerprint density at radius 1 is 1.25 bits per heavy atom.